The molecule has 0 saturated heterocycles. The van der Waals surface area contributed by atoms with Gasteiger partial charge in [-0.2, -0.15) is 0 Å². The predicted molar refractivity (Wildman–Crippen MR) is 96.6 cm³/mol. The van der Waals surface area contributed by atoms with Crippen LogP contribution in [0.15, 0.2) is 24.4 Å². The number of rotatable bonds is 2. The van der Waals surface area contributed by atoms with Gasteiger partial charge >= 0.3 is 0 Å². The van der Waals surface area contributed by atoms with Crippen LogP contribution in [0.3, 0.4) is 0 Å². The molecule has 23 heavy (non-hydrogen) atoms. The number of anilines is 3. The molecule has 0 spiro atoms. The van der Waals surface area contributed by atoms with Crippen molar-refractivity contribution in [3.8, 4) is 0 Å². The van der Waals surface area contributed by atoms with Crippen LogP contribution >= 0.6 is 22.9 Å². The molecule has 0 amide bonds. The molecule has 0 unspecified atom stereocenters. The summed E-state index contributed by atoms with van der Waals surface area (Å²) in [7, 11) is 2.13. The number of likely N-dealkylation sites (N-methyl/N-ethyl adjacent to an activating group) is 1. The van der Waals surface area contributed by atoms with Gasteiger partial charge in [-0.1, -0.05) is 22.9 Å². The summed E-state index contributed by atoms with van der Waals surface area (Å²) in [4.78, 5) is 12.2. The van der Waals surface area contributed by atoms with Crippen LogP contribution in [-0.2, 0) is 13.0 Å². The van der Waals surface area contributed by atoms with Gasteiger partial charge in [-0.3, -0.25) is 0 Å². The van der Waals surface area contributed by atoms with Gasteiger partial charge < -0.3 is 16.0 Å². The van der Waals surface area contributed by atoms with E-state index in [1.165, 1.54) is 11.3 Å². The molecule has 1 aliphatic rings. The van der Waals surface area contributed by atoms with Gasteiger partial charge in [-0.15, -0.1) is 0 Å². The SMILES string of the molecule is CN1CCc2nc3sc(Nc4cccnc4Cl)c(N)c3cc2C1. The highest BCUT2D eigenvalue weighted by Gasteiger charge is 2.19. The first-order chi connectivity index (χ1) is 11.1. The largest absolute Gasteiger partial charge is 0.396 e. The number of hydrogen-bond donors (Lipinski definition) is 2. The summed E-state index contributed by atoms with van der Waals surface area (Å²) >= 11 is 7.67. The van der Waals surface area contributed by atoms with E-state index in [1.54, 1.807) is 17.5 Å². The standard InChI is InChI=1S/C16H16ClN5S/c1-22-6-4-11-9(8-22)7-10-13(18)16(23-15(10)20-11)21-12-3-2-5-19-14(12)17/h2-3,5,7,21H,4,6,8,18H2,1H3. The van der Waals surface area contributed by atoms with E-state index in [0.717, 1.165) is 40.4 Å². The van der Waals surface area contributed by atoms with Gasteiger partial charge in [0.05, 0.1) is 11.4 Å². The van der Waals surface area contributed by atoms with Crippen LogP contribution in [0, 0.1) is 0 Å². The van der Waals surface area contributed by atoms with Crippen molar-refractivity contribution in [2.24, 2.45) is 0 Å². The summed E-state index contributed by atoms with van der Waals surface area (Å²) in [5.74, 6) is 0. The molecule has 3 aromatic heterocycles. The number of hydrogen-bond acceptors (Lipinski definition) is 6. The van der Waals surface area contributed by atoms with Crippen molar-refractivity contribution in [2.75, 3.05) is 24.6 Å². The number of pyridine rings is 2. The molecule has 0 saturated carbocycles. The maximum absolute atomic E-state index is 6.34. The van der Waals surface area contributed by atoms with E-state index in [0.29, 0.717) is 10.8 Å². The van der Waals surface area contributed by atoms with Crippen molar-refractivity contribution in [2.45, 2.75) is 13.0 Å². The maximum Gasteiger partial charge on any atom is 0.152 e. The zero-order chi connectivity index (χ0) is 16.0. The van der Waals surface area contributed by atoms with Crippen LogP contribution in [0.1, 0.15) is 11.3 Å². The quantitative estimate of drug-likeness (QED) is 0.694. The third kappa shape index (κ3) is 2.63. The van der Waals surface area contributed by atoms with Gasteiger partial charge in [0.15, 0.2) is 5.15 Å². The van der Waals surface area contributed by atoms with Crippen LogP contribution in [-0.4, -0.2) is 28.5 Å². The fourth-order valence-electron chi connectivity index (χ4n) is 2.83. The Morgan fingerprint density at radius 1 is 1.43 bits per heavy atom. The molecule has 4 rings (SSSR count). The Morgan fingerprint density at radius 3 is 3.13 bits per heavy atom. The van der Waals surface area contributed by atoms with E-state index in [9.17, 15) is 0 Å². The molecule has 1 aliphatic heterocycles. The van der Waals surface area contributed by atoms with E-state index in [2.05, 4.69) is 28.3 Å². The zero-order valence-electron chi connectivity index (χ0n) is 12.6. The van der Waals surface area contributed by atoms with Gasteiger partial charge in [0.25, 0.3) is 0 Å². The van der Waals surface area contributed by atoms with Gasteiger partial charge in [0.1, 0.15) is 9.83 Å². The van der Waals surface area contributed by atoms with Crippen molar-refractivity contribution in [3.63, 3.8) is 0 Å². The molecule has 7 heteroatoms. The van der Waals surface area contributed by atoms with Crippen molar-refractivity contribution < 1.29 is 0 Å². The molecule has 5 nitrogen and oxygen atoms in total. The number of nitrogens with one attached hydrogen (secondary N) is 1. The Kier molecular flexibility index (Phi) is 3.60. The summed E-state index contributed by atoms with van der Waals surface area (Å²) in [5.41, 5.74) is 10.2. The molecule has 0 bridgehead atoms. The van der Waals surface area contributed by atoms with Crippen LogP contribution in [0.2, 0.25) is 5.15 Å². The topological polar surface area (TPSA) is 67.1 Å². The number of halogens is 1. The highest BCUT2D eigenvalue weighted by Crippen LogP contribution is 2.40. The molecule has 3 N–H and O–H groups in total. The summed E-state index contributed by atoms with van der Waals surface area (Å²) in [5, 5.41) is 5.57. The molecule has 0 atom stereocenters. The molecule has 3 aromatic rings. The third-order valence-electron chi connectivity index (χ3n) is 4.07. The van der Waals surface area contributed by atoms with Crippen LogP contribution in [0.4, 0.5) is 16.4 Å². The number of thiophene rings is 1. The molecule has 118 valence electrons. The number of fused-ring (bicyclic) bond motifs is 2. The maximum atomic E-state index is 6.34. The van der Waals surface area contributed by atoms with E-state index < -0.39 is 0 Å². The monoisotopic (exact) mass is 345 g/mol. The Labute approximate surface area is 143 Å². The molecule has 0 aliphatic carbocycles. The van der Waals surface area contributed by atoms with E-state index in [-0.39, 0.29) is 0 Å². The summed E-state index contributed by atoms with van der Waals surface area (Å²) in [6, 6.07) is 5.90. The van der Waals surface area contributed by atoms with Gasteiger partial charge in [0, 0.05) is 36.8 Å². The number of aromatic nitrogens is 2. The lowest BCUT2D eigenvalue weighted by Gasteiger charge is -2.23. The van der Waals surface area contributed by atoms with Crippen molar-refractivity contribution in [3.05, 3.63) is 40.8 Å². The second kappa shape index (κ2) is 5.63. The lowest BCUT2D eigenvalue weighted by molar-refractivity contribution is 0.310. The fourth-order valence-corrected chi connectivity index (χ4v) is 4.01. The average Bonchev–Trinajstić information content (AvgIpc) is 2.83. The molecular formula is C16H16ClN5S. The Hall–Kier alpha value is -1.89. The number of nitrogens with zero attached hydrogens (tertiary/aromatic N) is 3. The summed E-state index contributed by atoms with van der Waals surface area (Å²) in [6.45, 7) is 1.97. The molecule has 0 fully saturated rings. The highest BCUT2D eigenvalue weighted by atomic mass is 35.5. The van der Waals surface area contributed by atoms with E-state index in [1.807, 2.05) is 12.1 Å². The van der Waals surface area contributed by atoms with Crippen molar-refractivity contribution >= 4 is 49.5 Å². The molecule has 4 heterocycles. The van der Waals surface area contributed by atoms with E-state index >= 15 is 0 Å². The predicted octanol–water partition coefficient (Wildman–Crippen LogP) is 3.66. The van der Waals surface area contributed by atoms with Crippen LogP contribution in [0.25, 0.3) is 10.2 Å². The van der Waals surface area contributed by atoms with Gasteiger partial charge in [-0.25, -0.2) is 9.97 Å². The second-order valence-corrected chi connectivity index (χ2v) is 7.10. The molecular weight excluding hydrogens is 330 g/mol. The average molecular weight is 346 g/mol. The molecule has 0 radical (unpaired) electrons. The number of nitrogen functional groups attached to an aromatic ring is 1. The molecule has 0 aromatic carbocycles. The summed E-state index contributed by atoms with van der Waals surface area (Å²) < 4.78 is 0. The Bertz CT molecular complexity index is 892. The minimum absolute atomic E-state index is 0.429. The first kappa shape index (κ1) is 14.7. The van der Waals surface area contributed by atoms with Crippen LogP contribution in [0.5, 0.6) is 0 Å². The smallest absolute Gasteiger partial charge is 0.152 e. The van der Waals surface area contributed by atoms with Crippen molar-refractivity contribution in [1.29, 1.82) is 0 Å². The van der Waals surface area contributed by atoms with E-state index in [4.69, 9.17) is 22.3 Å². The minimum Gasteiger partial charge on any atom is -0.396 e. The normalized spacial score (nSPS) is 14.9. The lowest BCUT2D eigenvalue weighted by Crippen LogP contribution is -2.27. The first-order valence-corrected chi connectivity index (χ1v) is 8.58. The van der Waals surface area contributed by atoms with Gasteiger partial charge in [-0.05, 0) is 30.8 Å². The summed E-state index contributed by atoms with van der Waals surface area (Å²) in [6.07, 6.45) is 2.64. The Morgan fingerprint density at radius 2 is 2.30 bits per heavy atom. The fraction of sp³-hybridized carbons (Fsp3) is 0.250. The number of nitrogens with two attached hydrogens (primary N) is 1. The third-order valence-corrected chi connectivity index (χ3v) is 5.40. The first-order valence-electron chi connectivity index (χ1n) is 7.38. The van der Waals surface area contributed by atoms with Crippen LogP contribution < -0.4 is 11.1 Å². The second-order valence-electron chi connectivity index (χ2n) is 5.75. The zero-order valence-corrected chi connectivity index (χ0v) is 14.2. The Balaban J connectivity index is 1.77. The highest BCUT2D eigenvalue weighted by molar-refractivity contribution is 7.23. The minimum atomic E-state index is 0.429. The van der Waals surface area contributed by atoms with Crippen molar-refractivity contribution in [1.82, 2.24) is 14.9 Å². The lowest BCUT2D eigenvalue weighted by atomic mass is 10.0. The van der Waals surface area contributed by atoms with Gasteiger partial charge in [0.2, 0.25) is 0 Å².